The summed E-state index contributed by atoms with van der Waals surface area (Å²) in [5.74, 6) is 1.41. The number of ether oxygens (including phenoxy) is 3. The van der Waals surface area contributed by atoms with Gasteiger partial charge in [0.1, 0.15) is 11.0 Å². The Kier molecular flexibility index (Phi) is 7.13. The van der Waals surface area contributed by atoms with E-state index in [4.69, 9.17) is 19.9 Å². The van der Waals surface area contributed by atoms with Crippen molar-refractivity contribution in [2.24, 2.45) is 15.9 Å². The molecule has 0 spiro atoms. The summed E-state index contributed by atoms with van der Waals surface area (Å²) >= 11 is 1.02. The van der Waals surface area contributed by atoms with Gasteiger partial charge in [0.05, 0.1) is 18.5 Å². The van der Waals surface area contributed by atoms with Gasteiger partial charge in [-0.15, -0.1) is 5.10 Å². The lowest BCUT2D eigenvalue weighted by atomic mass is 10.2. The number of fused-ring (bicyclic) bond motifs is 1. The van der Waals surface area contributed by atoms with Gasteiger partial charge in [-0.2, -0.15) is 5.10 Å². The maximum Gasteiger partial charge on any atom is 0.247 e. The van der Waals surface area contributed by atoms with Crippen molar-refractivity contribution in [2.75, 3.05) is 18.3 Å². The number of amides is 2. The first kappa shape index (κ1) is 22.7. The molecule has 4 rings (SSSR count). The number of benzene rings is 2. The molecule has 1 saturated heterocycles. The van der Waals surface area contributed by atoms with Crippen LogP contribution in [0, 0.1) is 0 Å². The van der Waals surface area contributed by atoms with Crippen molar-refractivity contribution in [1.82, 2.24) is 0 Å². The Morgan fingerprint density at radius 1 is 1.21 bits per heavy atom. The molecule has 0 bridgehead atoms. The summed E-state index contributed by atoms with van der Waals surface area (Å²) in [5.41, 5.74) is 7.21. The highest BCUT2D eigenvalue weighted by atomic mass is 32.2. The highest BCUT2D eigenvalue weighted by Gasteiger charge is 2.40. The van der Waals surface area contributed by atoms with E-state index in [1.165, 1.54) is 11.1 Å². The fourth-order valence-corrected chi connectivity index (χ4v) is 4.13. The van der Waals surface area contributed by atoms with Crippen LogP contribution in [0.1, 0.15) is 31.7 Å². The van der Waals surface area contributed by atoms with Gasteiger partial charge in [-0.05, 0) is 54.4 Å². The Morgan fingerprint density at radius 2 is 2.00 bits per heavy atom. The Hall–Kier alpha value is -3.53. The number of thioether (sulfide) groups is 1. The number of nitrogens with two attached hydrogens (primary N) is 1. The zero-order chi connectivity index (χ0) is 23.2. The van der Waals surface area contributed by atoms with Crippen LogP contribution in [0.3, 0.4) is 0 Å². The van der Waals surface area contributed by atoms with Crippen molar-refractivity contribution in [3.8, 4) is 17.2 Å². The lowest BCUT2D eigenvalue weighted by Crippen LogP contribution is -2.31. The number of nitrogens with zero attached hydrogens (tertiary/aromatic N) is 3. The van der Waals surface area contributed by atoms with Gasteiger partial charge in [0.15, 0.2) is 16.7 Å². The number of imide groups is 1. The normalized spacial score (nSPS) is 17.9. The minimum atomic E-state index is -0.650. The lowest BCUT2D eigenvalue weighted by Gasteiger charge is -2.15. The summed E-state index contributed by atoms with van der Waals surface area (Å²) in [6.07, 6.45) is 3.57. The smallest absolute Gasteiger partial charge is 0.247 e. The van der Waals surface area contributed by atoms with Gasteiger partial charge in [-0.1, -0.05) is 25.1 Å². The van der Waals surface area contributed by atoms with Crippen molar-refractivity contribution in [3.63, 3.8) is 0 Å². The monoisotopic (exact) mass is 468 g/mol. The molecule has 2 aliphatic heterocycles. The van der Waals surface area contributed by atoms with Crippen LogP contribution in [-0.4, -0.2) is 41.8 Å². The molecule has 2 N–H and O–H groups in total. The molecule has 2 heterocycles. The van der Waals surface area contributed by atoms with E-state index in [9.17, 15) is 9.59 Å². The van der Waals surface area contributed by atoms with Crippen LogP contribution in [0.4, 0.5) is 5.69 Å². The largest absolute Gasteiger partial charge is 0.494 e. The summed E-state index contributed by atoms with van der Waals surface area (Å²) in [7, 11) is 0. The second kappa shape index (κ2) is 10.4. The van der Waals surface area contributed by atoms with Crippen LogP contribution in [0.5, 0.6) is 17.2 Å². The molecule has 1 atom stereocenters. The number of carbonyl (C=O) groups excluding carboxylic acids is 2. The van der Waals surface area contributed by atoms with Gasteiger partial charge < -0.3 is 19.9 Å². The molecule has 0 aromatic heterocycles. The summed E-state index contributed by atoms with van der Waals surface area (Å²) in [6.45, 7) is 2.92. The first-order valence-corrected chi connectivity index (χ1v) is 11.5. The quantitative estimate of drug-likeness (QED) is 0.208. The molecule has 1 fully saturated rings. The van der Waals surface area contributed by atoms with Crippen LogP contribution < -0.4 is 24.8 Å². The molecule has 0 saturated carbocycles. The van der Waals surface area contributed by atoms with Crippen LogP contribution in [0.15, 0.2) is 52.7 Å². The Labute approximate surface area is 195 Å². The van der Waals surface area contributed by atoms with Gasteiger partial charge in [0.25, 0.3) is 0 Å². The number of carbonyl (C=O) groups is 2. The van der Waals surface area contributed by atoms with Crippen molar-refractivity contribution < 1.29 is 23.8 Å². The molecule has 0 aliphatic carbocycles. The average Bonchev–Trinajstić information content (AvgIpc) is 3.38. The molecule has 0 radical (unpaired) electrons. The summed E-state index contributed by atoms with van der Waals surface area (Å²) in [6, 6.07) is 12.3. The molecule has 2 amide bonds. The highest BCUT2D eigenvalue weighted by Crippen LogP contribution is 2.32. The molecular formula is C23H24N4O5S. The molecular weight excluding hydrogens is 444 g/mol. The fraction of sp³-hybridized carbons (Fsp3) is 0.304. The predicted octanol–water partition coefficient (Wildman–Crippen LogP) is 3.31. The Bertz CT molecular complexity index is 1090. The zero-order valence-corrected chi connectivity index (χ0v) is 18.9. The fourth-order valence-electron chi connectivity index (χ4n) is 3.31. The van der Waals surface area contributed by atoms with E-state index < -0.39 is 5.25 Å². The van der Waals surface area contributed by atoms with Gasteiger partial charge in [-0.25, -0.2) is 4.90 Å². The maximum atomic E-state index is 12.8. The topological polar surface area (TPSA) is 116 Å². The van der Waals surface area contributed by atoms with E-state index in [0.717, 1.165) is 30.2 Å². The molecule has 10 heteroatoms. The number of rotatable bonds is 8. The summed E-state index contributed by atoms with van der Waals surface area (Å²) in [5, 5.41) is 7.35. The zero-order valence-electron chi connectivity index (χ0n) is 18.1. The predicted molar refractivity (Wildman–Crippen MR) is 127 cm³/mol. The molecule has 172 valence electrons. The van der Waals surface area contributed by atoms with Gasteiger partial charge in [0.2, 0.25) is 18.6 Å². The molecule has 2 aromatic rings. The SMILES string of the molecule is CCCCOc1ccc(N2C(=O)CC(S/C(N)=N/N=C/c3ccc4c(c3)OCO4)C2=O)cc1. The molecule has 2 aromatic carbocycles. The van der Waals surface area contributed by atoms with E-state index in [1.54, 1.807) is 36.4 Å². The second-order valence-corrected chi connectivity index (χ2v) is 8.59. The standard InChI is InChI=1S/C23H24N4O5S/c1-2-3-10-30-17-7-5-16(6-8-17)27-21(28)12-20(22(27)29)33-23(24)26-25-13-15-4-9-18-19(11-15)32-14-31-18/h4-9,11,13,20H,2-3,10,12,14H2,1H3,(H2,24,26)/b25-13+. The Balaban J connectivity index is 1.35. The summed E-state index contributed by atoms with van der Waals surface area (Å²) in [4.78, 5) is 26.5. The maximum absolute atomic E-state index is 12.8. The third-order valence-electron chi connectivity index (χ3n) is 4.99. The van der Waals surface area contributed by atoms with Gasteiger partial charge in [-0.3, -0.25) is 9.59 Å². The van der Waals surface area contributed by atoms with E-state index in [-0.39, 0.29) is 30.2 Å². The van der Waals surface area contributed by atoms with Gasteiger partial charge >= 0.3 is 0 Å². The van der Waals surface area contributed by atoms with Crippen molar-refractivity contribution in [1.29, 1.82) is 0 Å². The number of unbranched alkanes of at least 4 members (excludes halogenated alkanes) is 1. The van der Waals surface area contributed by atoms with E-state index in [0.29, 0.717) is 29.5 Å². The molecule has 2 aliphatic rings. The van der Waals surface area contributed by atoms with Crippen molar-refractivity contribution in [2.45, 2.75) is 31.4 Å². The van der Waals surface area contributed by atoms with E-state index in [2.05, 4.69) is 17.1 Å². The lowest BCUT2D eigenvalue weighted by molar-refractivity contribution is -0.121. The molecule has 1 unspecified atom stereocenters. The van der Waals surface area contributed by atoms with Crippen LogP contribution in [0.2, 0.25) is 0 Å². The number of anilines is 1. The first-order chi connectivity index (χ1) is 16.0. The van der Waals surface area contributed by atoms with Crippen LogP contribution >= 0.6 is 11.8 Å². The minimum absolute atomic E-state index is 0.0420. The third-order valence-corrected chi connectivity index (χ3v) is 5.97. The Morgan fingerprint density at radius 3 is 2.79 bits per heavy atom. The molecule has 9 nitrogen and oxygen atoms in total. The minimum Gasteiger partial charge on any atom is -0.494 e. The number of hydrogen-bond donors (Lipinski definition) is 1. The number of hydrogen-bond acceptors (Lipinski definition) is 8. The van der Waals surface area contributed by atoms with E-state index in [1.807, 2.05) is 6.07 Å². The van der Waals surface area contributed by atoms with Crippen LogP contribution in [0.25, 0.3) is 0 Å². The first-order valence-electron chi connectivity index (χ1n) is 10.6. The third kappa shape index (κ3) is 5.46. The second-order valence-electron chi connectivity index (χ2n) is 7.37. The average molecular weight is 469 g/mol. The van der Waals surface area contributed by atoms with E-state index >= 15 is 0 Å². The number of amidine groups is 1. The van der Waals surface area contributed by atoms with Crippen LogP contribution in [-0.2, 0) is 9.59 Å². The summed E-state index contributed by atoms with van der Waals surface area (Å²) < 4.78 is 16.2. The highest BCUT2D eigenvalue weighted by molar-refractivity contribution is 8.14. The van der Waals surface area contributed by atoms with Gasteiger partial charge in [0, 0.05) is 6.42 Å². The van der Waals surface area contributed by atoms with Crippen molar-refractivity contribution >= 4 is 40.6 Å². The molecule has 33 heavy (non-hydrogen) atoms. The van der Waals surface area contributed by atoms with Crippen molar-refractivity contribution in [3.05, 3.63) is 48.0 Å².